The van der Waals surface area contributed by atoms with Crippen molar-refractivity contribution in [1.82, 2.24) is 10.2 Å². The van der Waals surface area contributed by atoms with Crippen molar-refractivity contribution < 1.29 is 19.1 Å². The molecule has 0 spiro atoms. The number of carbonyl (C=O) groups is 2. The summed E-state index contributed by atoms with van der Waals surface area (Å²) in [6, 6.07) is 14.1. The first kappa shape index (κ1) is 25.5. The third kappa shape index (κ3) is 8.42. The van der Waals surface area contributed by atoms with Crippen molar-refractivity contribution in [3.8, 4) is 11.5 Å². The number of carbonyl (C=O) groups excluding carboxylic acids is 2. The summed E-state index contributed by atoms with van der Waals surface area (Å²) in [6.45, 7) is 5.20. The Morgan fingerprint density at radius 1 is 1.03 bits per heavy atom. The summed E-state index contributed by atoms with van der Waals surface area (Å²) in [4.78, 5) is 27.3. The lowest BCUT2D eigenvalue weighted by Gasteiger charge is -2.29. The van der Waals surface area contributed by atoms with Gasteiger partial charge in [0.15, 0.2) is 0 Å². The Hall–Kier alpha value is -2.73. The van der Waals surface area contributed by atoms with Gasteiger partial charge in [-0.25, -0.2) is 0 Å². The Labute approximate surface area is 195 Å². The molecule has 0 bridgehead atoms. The zero-order valence-electron chi connectivity index (χ0n) is 19.1. The van der Waals surface area contributed by atoms with E-state index in [1.165, 1.54) is 0 Å². The lowest BCUT2D eigenvalue weighted by Crippen LogP contribution is -2.47. The number of methoxy groups -OCH3 is 1. The molecule has 2 amide bonds. The highest BCUT2D eigenvalue weighted by Gasteiger charge is 2.25. The molecule has 0 saturated carbocycles. The number of ether oxygens (including phenoxy) is 2. The van der Waals surface area contributed by atoms with Gasteiger partial charge in [0, 0.05) is 24.5 Å². The minimum atomic E-state index is -0.572. The molecular weight excluding hydrogens is 428 g/mol. The SMILES string of the molecule is CCCCNC(=O)C(C)N(Cc1ccc(Cl)cc1)C(=O)CCCOc1ccc(OC)cc1. The van der Waals surface area contributed by atoms with Crippen LogP contribution in [0.1, 0.15) is 45.1 Å². The Balaban J connectivity index is 1.95. The number of benzene rings is 2. The quantitative estimate of drug-likeness (QED) is 0.434. The van der Waals surface area contributed by atoms with Gasteiger partial charge >= 0.3 is 0 Å². The Bertz CT molecular complexity index is 840. The summed E-state index contributed by atoms with van der Waals surface area (Å²) < 4.78 is 10.9. The predicted octanol–water partition coefficient (Wildman–Crippen LogP) is 4.84. The first-order valence-corrected chi connectivity index (χ1v) is 11.4. The van der Waals surface area contributed by atoms with Gasteiger partial charge in [-0.2, -0.15) is 0 Å². The van der Waals surface area contributed by atoms with Gasteiger partial charge in [-0.1, -0.05) is 37.1 Å². The second-order valence-electron chi connectivity index (χ2n) is 7.60. The van der Waals surface area contributed by atoms with E-state index in [9.17, 15) is 9.59 Å². The van der Waals surface area contributed by atoms with E-state index in [4.69, 9.17) is 21.1 Å². The van der Waals surface area contributed by atoms with Crippen LogP contribution in [0.5, 0.6) is 11.5 Å². The molecule has 7 heteroatoms. The molecule has 0 fully saturated rings. The molecule has 1 N–H and O–H groups in total. The molecule has 0 saturated heterocycles. The first-order valence-electron chi connectivity index (χ1n) is 11.0. The van der Waals surface area contributed by atoms with Crippen LogP contribution >= 0.6 is 11.6 Å². The molecule has 2 aromatic rings. The van der Waals surface area contributed by atoms with E-state index in [1.54, 1.807) is 31.1 Å². The maximum Gasteiger partial charge on any atom is 0.242 e. The third-order valence-corrected chi connectivity index (χ3v) is 5.38. The van der Waals surface area contributed by atoms with E-state index in [0.29, 0.717) is 31.1 Å². The number of hydrogen-bond acceptors (Lipinski definition) is 4. The summed E-state index contributed by atoms with van der Waals surface area (Å²) in [5.41, 5.74) is 0.922. The molecule has 0 aliphatic carbocycles. The van der Waals surface area contributed by atoms with Gasteiger partial charge in [-0.15, -0.1) is 0 Å². The number of nitrogens with one attached hydrogen (secondary N) is 1. The van der Waals surface area contributed by atoms with Crippen molar-refractivity contribution in [1.29, 1.82) is 0 Å². The molecule has 0 aliphatic rings. The van der Waals surface area contributed by atoms with E-state index in [1.807, 2.05) is 36.4 Å². The van der Waals surface area contributed by atoms with Crippen LogP contribution in [0, 0.1) is 0 Å². The molecule has 2 aromatic carbocycles. The van der Waals surface area contributed by atoms with Crippen LogP contribution in [-0.4, -0.2) is 43.0 Å². The van der Waals surface area contributed by atoms with Crippen molar-refractivity contribution in [2.24, 2.45) is 0 Å². The van der Waals surface area contributed by atoms with Crippen LogP contribution in [0.15, 0.2) is 48.5 Å². The third-order valence-electron chi connectivity index (χ3n) is 5.13. The molecule has 1 atom stereocenters. The second-order valence-corrected chi connectivity index (χ2v) is 8.03. The van der Waals surface area contributed by atoms with Crippen LogP contribution < -0.4 is 14.8 Å². The van der Waals surface area contributed by atoms with Gasteiger partial charge < -0.3 is 19.7 Å². The van der Waals surface area contributed by atoms with E-state index in [-0.39, 0.29) is 18.2 Å². The van der Waals surface area contributed by atoms with Crippen LogP contribution in [0.25, 0.3) is 0 Å². The predicted molar refractivity (Wildman–Crippen MR) is 127 cm³/mol. The van der Waals surface area contributed by atoms with Gasteiger partial charge in [0.2, 0.25) is 11.8 Å². The van der Waals surface area contributed by atoms with E-state index in [0.717, 1.165) is 29.9 Å². The van der Waals surface area contributed by atoms with Crippen molar-refractivity contribution in [2.75, 3.05) is 20.3 Å². The molecule has 0 aromatic heterocycles. The Kier molecular flexibility index (Phi) is 10.9. The van der Waals surface area contributed by atoms with Crippen molar-refractivity contribution in [3.63, 3.8) is 0 Å². The van der Waals surface area contributed by atoms with Gasteiger partial charge in [-0.05, 0) is 61.7 Å². The zero-order chi connectivity index (χ0) is 23.3. The van der Waals surface area contributed by atoms with Crippen LogP contribution in [0.3, 0.4) is 0 Å². The lowest BCUT2D eigenvalue weighted by molar-refractivity contribution is -0.140. The van der Waals surface area contributed by atoms with Crippen molar-refractivity contribution in [3.05, 3.63) is 59.1 Å². The number of halogens is 1. The van der Waals surface area contributed by atoms with Crippen LogP contribution in [0.2, 0.25) is 5.02 Å². The van der Waals surface area contributed by atoms with Gasteiger partial charge in [0.1, 0.15) is 17.5 Å². The maximum absolute atomic E-state index is 13.0. The van der Waals surface area contributed by atoms with Crippen LogP contribution in [0.4, 0.5) is 0 Å². The largest absolute Gasteiger partial charge is 0.497 e. The van der Waals surface area contributed by atoms with Gasteiger partial charge in [0.05, 0.1) is 13.7 Å². The molecule has 0 aliphatic heterocycles. The molecule has 6 nitrogen and oxygen atoms in total. The Morgan fingerprint density at radius 3 is 2.31 bits per heavy atom. The number of nitrogens with zero attached hydrogens (tertiary/aromatic N) is 1. The minimum Gasteiger partial charge on any atom is -0.497 e. The maximum atomic E-state index is 13.0. The highest BCUT2D eigenvalue weighted by Crippen LogP contribution is 2.18. The fourth-order valence-corrected chi connectivity index (χ4v) is 3.26. The van der Waals surface area contributed by atoms with Crippen molar-refractivity contribution >= 4 is 23.4 Å². The van der Waals surface area contributed by atoms with E-state index < -0.39 is 6.04 Å². The second kappa shape index (κ2) is 13.6. The average molecular weight is 461 g/mol. The molecule has 2 rings (SSSR count). The van der Waals surface area contributed by atoms with E-state index >= 15 is 0 Å². The molecule has 32 heavy (non-hydrogen) atoms. The summed E-state index contributed by atoms with van der Waals surface area (Å²) in [5.74, 6) is 1.25. The van der Waals surface area contributed by atoms with Crippen LogP contribution in [-0.2, 0) is 16.1 Å². The number of hydrogen-bond donors (Lipinski definition) is 1. The number of rotatable bonds is 13. The zero-order valence-corrected chi connectivity index (χ0v) is 19.9. The minimum absolute atomic E-state index is 0.0866. The normalized spacial score (nSPS) is 11.5. The fourth-order valence-electron chi connectivity index (χ4n) is 3.13. The monoisotopic (exact) mass is 460 g/mol. The summed E-state index contributed by atoms with van der Waals surface area (Å²) in [7, 11) is 1.61. The van der Waals surface area contributed by atoms with Gasteiger partial charge in [0.25, 0.3) is 0 Å². The molecule has 0 heterocycles. The number of unbranched alkanes of at least 4 members (excludes halogenated alkanes) is 1. The molecule has 1 unspecified atom stereocenters. The van der Waals surface area contributed by atoms with Crippen molar-refractivity contribution in [2.45, 2.75) is 52.1 Å². The first-order chi connectivity index (χ1) is 15.4. The highest BCUT2D eigenvalue weighted by molar-refractivity contribution is 6.30. The fraction of sp³-hybridized carbons (Fsp3) is 0.440. The summed E-state index contributed by atoms with van der Waals surface area (Å²) in [6.07, 6.45) is 2.74. The average Bonchev–Trinajstić information content (AvgIpc) is 2.81. The lowest BCUT2D eigenvalue weighted by atomic mass is 10.1. The summed E-state index contributed by atoms with van der Waals surface area (Å²) in [5, 5.41) is 3.55. The molecule has 0 radical (unpaired) electrons. The number of amides is 2. The van der Waals surface area contributed by atoms with Gasteiger partial charge in [-0.3, -0.25) is 9.59 Å². The highest BCUT2D eigenvalue weighted by atomic mass is 35.5. The Morgan fingerprint density at radius 2 is 1.69 bits per heavy atom. The molecule has 174 valence electrons. The summed E-state index contributed by atoms with van der Waals surface area (Å²) >= 11 is 5.98. The topological polar surface area (TPSA) is 67.9 Å². The smallest absolute Gasteiger partial charge is 0.242 e. The van der Waals surface area contributed by atoms with E-state index in [2.05, 4.69) is 12.2 Å². The standard InChI is InChI=1S/C25H33ClN2O4/c1-4-5-16-27-25(30)19(2)28(18-20-8-10-21(26)11-9-20)24(29)7-6-17-32-23-14-12-22(31-3)13-15-23/h8-15,19H,4-7,16-18H2,1-3H3,(H,27,30). The molecular formula is C25H33ClN2O4.